The second kappa shape index (κ2) is 7.68. The van der Waals surface area contributed by atoms with E-state index in [0.717, 1.165) is 23.3 Å². The summed E-state index contributed by atoms with van der Waals surface area (Å²) in [6, 6.07) is 9.42. The predicted octanol–water partition coefficient (Wildman–Crippen LogP) is 4.14. The number of alkyl halides is 3. The molecule has 0 bridgehead atoms. The first-order chi connectivity index (χ1) is 15.3. The normalized spacial score (nSPS) is 20.1. The molecule has 1 aromatic carbocycles. The number of hydrogen-bond acceptors (Lipinski definition) is 6. The highest BCUT2D eigenvalue weighted by Gasteiger charge is 2.66. The number of fused-ring (bicyclic) bond motifs is 1. The molecule has 2 aliphatic rings. The molecule has 2 fully saturated rings. The third kappa shape index (κ3) is 3.60. The molecule has 10 heteroatoms. The first kappa shape index (κ1) is 21.1. The van der Waals surface area contributed by atoms with E-state index in [-0.39, 0.29) is 40.8 Å². The number of aryl methyl sites for hydroxylation is 1. The summed E-state index contributed by atoms with van der Waals surface area (Å²) in [6.45, 7) is 0.610. The number of thiazole rings is 1. The van der Waals surface area contributed by atoms with E-state index in [1.807, 2.05) is 35.2 Å². The van der Waals surface area contributed by atoms with Crippen LogP contribution in [0.25, 0.3) is 10.3 Å². The van der Waals surface area contributed by atoms with E-state index in [1.54, 1.807) is 0 Å². The Kier molecular flexibility index (Phi) is 5.07. The number of ketones is 1. The summed E-state index contributed by atoms with van der Waals surface area (Å²) in [5.74, 6) is -0.239. The third-order valence-electron chi connectivity index (χ3n) is 6.38. The van der Waals surface area contributed by atoms with Crippen molar-refractivity contribution in [3.05, 3.63) is 52.1 Å². The summed E-state index contributed by atoms with van der Waals surface area (Å²) in [5.41, 5.74) is -1.62. The van der Waals surface area contributed by atoms with Gasteiger partial charge in [0.15, 0.2) is 21.3 Å². The summed E-state index contributed by atoms with van der Waals surface area (Å²) < 4.78 is 40.4. The van der Waals surface area contributed by atoms with Crippen molar-refractivity contribution in [1.82, 2.24) is 15.0 Å². The van der Waals surface area contributed by atoms with Crippen molar-refractivity contribution in [2.75, 3.05) is 11.4 Å². The number of aromatic nitrogens is 3. The highest BCUT2D eigenvalue weighted by Crippen LogP contribution is 2.57. The van der Waals surface area contributed by atoms with Crippen LogP contribution >= 0.6 is 11.3 Å². The first-order valence-electron chi connectivity index (χ1n) is 10.6. The zero-order chi connectivity index (χ0) is 22.5. The Morgan fingerprint density at radius 1 is 1.22 bits per heavy atom. The van der Waals surface area contributed by atoms with E-state index in [2.05, 4.69) is 15.0 Å². The smallest absolute Gasteiger partial charge is 0.338 e. The van der Waals surface area contributed by atoms with Gasteiger partial charge in [-0.1, -0.05) is 41.7 Å². The minimum absolute atomic E-state index is 0.0223. The van der Waals surface area contributed by atoms with Gasteiger partial charge in [-0.25, -0.2) is 9.97 Å². The standard InChI is InChI=1S/C22H21F3N4O2S/c23-22(24,25)21(10-11-21)19-27-17(31)16-18(28-19)32-20(26-16)29-12-4-7-14(29)15(30)9-8-13-5-2-1-3-6-13/h1-3,5-6,14H,4,7-12H2,(H,27,28,31)/t14-/m1/s1. The molecule has 1 saturated heterocycles. The molecule has 2 aromatic heterocycles. The van der Waals surface area contributed by atoms with Crippen LogP contribution in [0.5, 0.6) is 0 Å². The quantitative estimate of drug-likeness (QED) is 0.596. The largest absolute Gasteiger partial charge is 0.401 e. The van der Waals surface area contributed by atoms with Gasteiger partial charge in [0.1, 0.15) is 11.2 Å². The van der Waals surface area contributed by atoms with Crippen molar-refractivity contribution in [3.8, 4) is 0 Å². The van der Waals surface area contributed by atoms with Crippen molar-refractivity contribution in [2.24, 2.45) is 0 Å². The van der Waals surface area contributed by atoms with Crippen LogP contribution in [0, 0.1) is 0 Å². The molecule has 32 heavy (non-hydrogen) atoms. The number of nitrogens with one attached hydrogen (secondary N) is 1. The van der Waals surface area contributed by atoms with Crippen molar-refractivity contribution in [1.29, 1.82) is 0 Å². The summed E-state index contributed by atoms with van der Waals surface area (Å²) in [5, 5.41) is 0.461. The number of Topliss-reactive ketones (excluding diaryl/α,β-unsaturated/α-hetero) is 1. The van der Waals surface area contributed by atoms with Crippen LogP contribution < -0.4 is 10.5 Å². The van der Waals surface area contributed by atoms with Gasteiger partial charge in [0, 0.05) is 13.0 Å². The maximum absolute atomic E-state index is 13.5. The monoisotopic (exact) mass is 462 g/mol. The van der Waals surface area contributed by atoms with Crippen molar-refractivity contribution >= 4 is 32.6 Å². The minimum atomic E-state index is -4.46. The Labute approximate surface area is 185 Å². The lowest BCUT2D eigenvalue weighted by molar-refractivity contribution is -0.162. The number of anilines is 1. The summed E-state index contributed by atoms with van der Waals surface area (Å²) in [4.78, 5) is 38.3. The molecule has 0 amide bonds. The zero-order valence-corrected chi connectivity index (χ0v) is 17.9. The van der Waals surface area contributed by atoms with Gasteiger partial charge in [-0.3, -0.25) is 9.59 Å². The number of carbonyl (C=O) groups excluding carboxylic acids is 1. The minimum Gasteiger partial charge on any atom is -0.338 e. The second-order valence-electron chi connectivity index (χ2n) is 8.45. The number of nitrogens with zero attached hydrogens (tertiary/aromatic N) is 3. The van der Waals surface area contributed by atoms with Gasteiger partial charge in [-0.05, 0) is 37.7 Å². The van der Waals surface area contributed by atoms with Gasteiger partial charge in [0.05, 0.1) is 6.04 Å². The zero-order valence-electron chi connectivity index (χ0n) is 17.1. The second-order valence-corrected chi connectivity index (χ2v) is 9.40. The number of H-pyrrole nitrogens is 1. The van der Waals surface area contributed by atoms with E-state index >= 15 is 0 Å². The van der Waals surface area contributed by atoms with Crippen LogP contribution in [0.15, 0.2) is 35.1 Å². The van der Waals surface area contributed by atoms with Gasteiger partial charge in [-0.2, -0.15) is 13.2 Å². The number of carbonyl (C=O) groups is 1. The molecule has 1 saturated carbocycles. The van der Waals surface area contributed by atoms with Crippen LogP contribution in [0.4, 0.5) is 18.3 Å². The lowest BCUT2D eigenvalue weighted by Gasteiger charge is -2.22. The molecule has 3 heterocycles. The molecule has 1 aliphatic heterocycles. The molecular formula is C22H21F3N4O2S. The van der Waals surface area contributed by atoms with E-state index in [9.17, 15) is 22.8 Å². The lowest BCUT2D eigenvalue weighted by atomic mass is 10.0. The van der Waals surface area contributed by atoms with Crippen LogP contribution in [-0.4, -0.2) is 39.5 Å². The Balaban J connectivity index is 1.40. The fourth-order valence-electron chi connectivity index (χ4n) is 4.36. The first-order valence-corrected chi connectivity index (χ1v) is 11.4. The number of rotatable bonds is 6. The van der Waals surface area contributed by atoms with Crippen LogP contribution in [0.3, 0.4) is 0 Å². The molecule has 5 rings (SSSR count). The average Bonchev–Trinajstić information content (AvgIpc) is 3.26. The van der Waals surface area contributed by atoms with Gasteiger partial charge in [-0.15, -0.1) is 0 Å². The summed E-state index contributed by atoms with van der Waals surface area (Å²) in [7, 11) is 0. The maximum atomic E-state index is 13.5. The average molecular weight is 462 g/mol. The summed E-state index contributed by atoms with van der Waals surface area (Å²) >= 11 is 1.08. The van der Waals surface area contributed by atoms with Gasteiger partial charge < -0.3 is 9.88 Å². The maximum Gasteiger partial charge on any atom is 0.401 e. The van der Waals surface area contributed by atoms with Crippen LogP contribution in [-0.2, 0) is 16.6 Å². The molecule has 168 valence electrons. The fraction of sp³-hybridized carbons (Fsp3) is 0.455. The van der Waals surface area contributed by atoms with Gasteiger partial charge in [0.25, 0.3) is 5.56 Å². The van der Waals surface area contributed by atoms with E-state index in [0.29, 0.717) is 30.9 Å². The van der Waals surface area contributed by atoms with Gasteiger partial charge in [0.2, 0.25) is 0 Å². The number of halogens is 3. The molecule has 0 radical (unpaired) electrons. The Hall–Kier alpha value is -2.75. The molecule has 6 nitrogen and oxygen atoms in total. The molecule has 1 aliphatic carbocycles. The lowest BCUT2D eigenvalue weighted by Crippen LogP contribution is -2.36. The predicted molar refractivity (Wildman–Crippen MR) is 115 cm³/mol. The van der Waals surface area contributed by atoms with Crippen molar-refractivity contribution in [3.63, 3.8) is 0 Å². The van der Waals surface area contributed by atoms with E-state index < -0.39 is 17.2 Å². The third-order valence-corrected chi connectivity index (χ3v) is 7.36. The summed E-state index contributed by atoms with van der Waals surface area (Å²) in [6.07, 6.45) is -2.09. The van der Waals surface area contributed by atoms with E-state index in [1.165, 1.54) is 0 Å². The highest BCUT2D eigenvalue weighted by atomic mass is 32.1. The van der Waals surface area contributed by atoms with E-state index in [4.69, 9.17) is 0 Å². The highest BCUT2D eigenvalue weighted by molar-refractivity contribution is 7.21. The molecular weight excluding hydrogens is 441 g/mol. The Morgan fingerprint density at radius 2 is 1.97 bits per heavy atom. The topological polar surface area (TPSA) is 79.0 Å². The molecule has 0 spiro atoms. The Bertz CT molecular complexity index is 1220. The molecule has 3 aromatic rings. The SMILES string of the molecule is O=C(CCc1ccccc1)[C@H]1CCCN1c1nc2c(=O)[nH]c(C3(C(F)(F)F)CC3)nc2s1. The fourth-order valence-corrected chi connectivity index (χ4v) is 5.38. The number of hydrogen-bond donors (Lipinski definition) is 1. The van der Waals surface area contributed by atoms with Crippen molar-refractivity contribution < 1.29 is 18.0 Å². The molecule has 1 N–H and O–H groups in total. The van der Waals surface area contributed by atoms with Crippen molar-refractivity contribution in [2.45, 2.75) is 56.2 Å². The van der Waals surface area contributed by atoms with Crippen LogP contribution in [0.2, 0.25) is 0 Å². The molecule has 0 unspecified atom stereocenters. The molecule has 1 atom stereocenters. The number of aromatic amines is 1. The Morgan fingerprint density at radius 3 is 2.66 bits per heavy atom. The van der Waals surface area contributed by atoms with Crippen LogP contribution in [0.1, 0.15) is 43.5 Å². The van der Waals surface area contributed by atoms with Gasteiger partial charge >= 0.3 is 6.18 Å². The number of benzene rings is 1.